The average molecular weight is 190 g/mol. The van der Waals surface area contributed by atoms with E-state index in [1.165, 1.54) is 0 Å². The minimum absolute atomic E-state index is 0.0163. The lowest BCUT2D eigenvalue weighted by atomic mass is 9.93. The minimum Gasteiger partial charge on any atom is -0.348 e. The third-order valence-corrected chi connectivity index (χ3v) is 2.61. The number of hydrogen-bond donors (Lipinski definition) is 2. The summed E-state index contributed by atoms with van der Waals surface area (Å²) in [5.41, 5.74) is 7.05. The molecule has 1 amide bonds. The molecule has 0 radical (unpaired) electrons. The molecule has 0 saturated carbocycles. The molecule has 0 spiro atoms. The van der Waals surface area contributed by atoms with Gasteiger partial charge in [0.25, 0.3) is 0 Å². The molecule has 0 unspecified atom stereocenters. The third kappa shape index (κ3) is 1.77. The van der Waals surface area contributed by atoms with Crippen LogP contribution in [0, 0.1) is 0 Å². The molecule has 1 aliphatic rings. The van der Waals surface area contributed by atoms with Crippen molar-refractivity contribution in [1.82, 2.24) is 5.32 Å². The SMILES string of the molecule is N[C@@H]1CCC(=O)N[C@@H]1c1ccccc1. The summed E-state index contributed by atoms with van der Waals surface area (Å²) in [4.78, 5) is 11.2. The zero-order chi connectivity index (χ0) is 9.97. The molecule has 74 valence electrons. The van der Waals surface area contributed by atoms with Gasteiger partial charge in [-0.2, -0.15) is 0 Å². The second-order valence-electron chi connectivity index (χ2n) is 3.66. The van der Waals surface area contributed by atoms with E-state index in [1.807, 2.05) is 30.3 Å². The molecule has 0 bridgehead atoms. The first kappa shape index (κ1) is 9.21. The van der Waals surface area contributed by atoms with Crippen LogP contribution >= 0.6 is 0 Å². The van der Waals surface area contributed by atoms with Crippen LogP contribution in [0.4, 0.5) is 0 Å². The summed E-state index contributed by atoms with van der Waals surface area (Å²) in [6.07, 6.45) is 1.32. The molecule has 0 aromatic heterocycles. The van der Waals surface area contributed by atoms with Crippen LogP contribution in [0.5, 0.6) is 0 Å². The van der Waals surface area contributed by atoms with Crippen molar-refractivity contribution in [3.05, 3.63) is 35.9 Å². The molecule has 3 N–H and O–H groups in total. The molecule has 0 aliphatic carbocycles. The summed E-state index contributed by atoms with van der Waals surface area (Å²) < 4.78 is 0. The molecule has 2 rings (SSSR count). The molecule has 1 heterocycles. The van der Waals surface area contributed by atoms with Gasteiger partial charge in [-0.05, 0) is 12.0 Å². The van der Waals surface area contributed by atoms with Crippen molar-refractivity contribution in [2.45, 2.75) is 24.9 Å². The van der Waals surface area contributed by atoms with Crippen molar-refractivity contribution in [2.24, 2.45) is 5.73 Å². The summed E-state index contributed by atoms with van der Waals surface area (Å²) in [6.45, 7) is 0. The molecular weight excluding hydrogens is 176 g/mol. The van der Waals surface area contributed by atoms with Crippen LogP contribution < -0.4 is 11.1 Å². The molecule has 1 fully saturated rings. The first-order chi connectivity index (χ1) is 6.77. The van der Waals surface area contributed by atoms with Crippen LogP contribution in [-0.4, -0.2) is 11.9 Å². The van der Waals surface area contributed by atoms with Gasteiger partial charge in [0, 0.05) is 12.5 Å². The van der Waals surface area contributed by atoms with Gasteiger partial charge in [0.05, 0.1) is 6.04 Å². The molecule has 2 atom stereocenters. The Balaban J connectivity index is 2.20. The van der Waals surface area contributed by atoms with Crippen molar-refractivity contribution in [3.8, 4) is 0 Å². The van der Waals surface area contributed by atoms with Gasteiger partial charge in [0.1, 0.15) is 0 Å². The Kier molecular flexibility index (Phi) is 2.50. The van der Waals surface area contributed by atoms with Crippen molar-refractivity contribution in [2.75, 3.05) is 0 Å². The number of carbonyl (C=O) groups is 1. The predicted molar refractivity (Wildman–Crippen MR) is 54.5 cm³/mol. The van der Waals surface area contributed by atoms with Gasteiger partial charge in [0.2, 0.25) is 5.91 Å². The van der Waals surface area contributed by atoms with Crippen molar-refractivity contribution < 1.29 is 4.79 Å². The fourth-order valence-electron chi connectivity index (χ4n) is 1.81. The van der Waals surface area contributed by atoms with Crippen LogP contribution in [0.3, 0.4) is 0 Å². The largest absolute Gasteiger partial charge is 0.348 e. The molecule has 14 heavy (non-hydrogen) atoms. The van der Waals surface area contributed by atoms with E-state index in [2.05, 4.69) is 5.32 Å². The fraction of sp³-hybridized carbons (Fsp3) is 0.364. The second kappa shape index (κ2) is 3.80. The molecule has 1 aliphatic heterocycles. The Morgan fingerprint density at radius 2 is 2.00 bits per heavy atom. The van der Waals surface area contributed by atoms with Crippen LogP contribution in [0.2, 0.25) is 0 Å². The van der Waals surface area contributed by atoms with Crippen LogP contribution in [0.15, 0.2) is 30.3 Å². The highest BCUT2D eigenvalue weighted by molar-refractivity contribution is 5.77. The number of nitrogens with two attached hydrogens (primary N) is 1. The maximum Gasteiger partial charge on any atom is 0.220 e. The second-order valence-corrected chi connectivity index (χ2v) is 3.66. The Morgan fingerprint density at radius 3 is 2.71 bits per heavy atom. The van der Waals surface area contributed by atoms with Gasteiger partial charge in [-0.1, -0.05) is 30.3 Å². The van der Waals surface area contributed by atoms with Gasteiger partial charge in [-0.15, -0.1) is 0 Å². The average Bonchev–Trinajstić information content (AvgIpc) is 2.23. The smallest absolute Gasteiger partial charge is 0.220 e. The zero-order valence-corrected chi connectivity index (χ0v) is 7.94. The first-order valence-corrected chi connectivity index (χ1v) is 4.87. The van der Waals surface area contributed by atoms with E-state index in [4.69, 9.17) is 5.73 Å². The molecule has 3 nitrogen and oxygen atoms in total. The van der Waals surface area contributed by atoms with Crippen molar-refractivity contribution >= 4 is 5.91 Å². The van der Waals surface area contributed by atoms with Crippen LogP contribution in [0.1, 0.15) is 24.4 Å². The highest BCUT2D eigenvalue weighted by Gasteiger charge is 2.26. The van der Waals surface area contributed by atoms with Gasteiger partial charge in [0.15, 0.2) is 0 Å². The summed E-state index contributed by atoms with van der Waals surface area (Å²) in [6, 6.07) is 9.89. The van der Waals surface area contributed by atoms with E-state index in [1.54, 1.807) is 0 Å². The monoisotopic (exact) mass is 190 g/mol. The number of rotatable bonds is 1. The quantitative estimate of drug-likeness (QED) is 0.693. The normalized spacial score (nSPS) is 27.1. The topological polar surface area (TPSA) is 55.1 Å². The summed E-state index contributed by atoms with van der Waals surface area (Å²) in [7, 11) is 0. The predicted octanol–water partition coefficient (Wildman–Crippen LogP) is 0.965. The third-order valence-electron chi connectivity index (χ3n) is 2.61. The van der Waals surface area contributed by atoms with Gasteiger partial charge >= 0.3 is 0 Å². The van der Waals surface area contributed by atoms with Crippen LogP contribution in [-0.2, 0) is 4.79 Å². The summed E-state index contributed by atoms with van der Waals surface area (Å²) >= 11 is 0. The maximum absolute atomic E-state index is 11.2. The summed E-state index contributed by atoms with van der Waals surface area (Å²) in [5, 5.41) is 2.92. The molecule has 1 saturated heterocycles. The highest BCUT2D eigenvalue weighted by Crippen LogP contribution is 2.21. The molecule has 1 aromatic rings. The van der Waals surface area contributed by atoms with E-state index >= 15 is 0 Å². The van der Waals surface area contributed by atoms with E-state index < -0.39 is 0 Å². The van der Waals surface area contributed by atoms with Gasteiger partial charge < -0.3 is 11.1 Å². The number of amides is 1. The Morgan fingerprint density at radius 1 is 1.29 bits per heavy atom. The number of piperidine rings is 1. The molecule has 1 aromatic carbocycles. The van der Waals surface area contributed by atoms with Crippen molar-refractivity contribution in [3.63, 3.8) is 0 Å². The number of nitrogens with one attached hydrogen (secondary N) is 1. The van der Waals surface area contributed by atoms with Gasteiger partial charge in [-0.3, -0.25) is 4.79 Å². The maximum atomic E-state index is 11.2. The van der Waals surface area contributed by atoms with Crippen molar-refractivity contribution in [1.29, 1.82) is 0 Å². The lowest BCUT2D eigenvalue weighted by Gasteiger charge is -2.29. The minimum atomic E-state index is -0.0163. The summed E-state index contributed by atoms with van der Waals surface area (Å²) in [5.74, 6) is 0.0977. The van der Waals surface area contributed by atoms with E-state index in [9.17, 15) is 4.79 Å². The van der Waals surface area contributed by atoms with E-state index in [0.717, 1.165) is 12.0 Å². The lowest BCUT2D eigenvalue weighted by molar-refractivity contribution is -0.123. The molecular formula is C11H14N2O. The number of hydrogen-bond acceptors (Lipinski definition) is 2. The number of benzene rings is 1. The van der Waals surface area contributed by atoms with E-state index in [-0.39, 0.29) is 18.0 Å². The number of carbonyl (C=O) groups excluding carboxylic acids is 1. The van der Waals surface area contributed by atoms with Gasteiger partial charge in [-0.25, -0.2) is 0 Å². The zero-order valence-electron chi connectivity index (χ0n) is 7.94. The Hall–Kier alpha value is -1.35. The fourth-order valence-corrected chi connectivity index (χ4v) is 1.81. The standard InChI is InChI=1S/C11H14N2O/c12-9-6-7-10(14)13-11(9)8-4-2-1-3-5-8/h1-5,9,11H,6-7,12H2,(H,13,14)/t9-,11-/m1/s1. The Bertz CT molecular complexity index is 323. The molecule has 3 heteroatoms. The first-order valence-electron chi connectivity index (χ1n) is 4.87. The van der Waals surface area contributed by atoms with Crippen LogP contribution in [0.25, 0.3) is 0 Å². The lowest BCUT2D eigenvalue weighted by Crippen LogP contribution is -2.45. The van der Waals surface area contributed by atoms with E-state index in [0.29, 0.717) is 6.42 Å². The Labute approximate surface area is 83.3 Å². The highest BCUT2D eigenvalue weighted by atomic mass is 16.1.